The van der Waals surface area contributed by atoms with Gasteiger partial charge in [0.15, 0.2) is 0 Å². The van der Waals surface area contributed by atoms with Gasteiger partial charge in [-0.05, 0) is 81.1 Å². The molecule has 0 saturated carbocycles. The van der Waals surface area contributed by atoms with E-state index in [0.29, 0.717) is 0 Å². The molecular weight excluding hydrogens is 468 g/mol. The highest BCUT2D eigenvalue weighted by atomic mass is 79.9. The Hall–Kier alpha value is -1.31. The molecule has 0 saturated heterocycles. The van der Waals surface area contributed by atoms with Crippen LogP contribution in [0.2, 0.25) is 0 Å². The molecule has 7 heteroatoms. The van der Waals surface area contributed by atoms with Crippen molar-refractivity contribution in [2.24, 2.45) is 0 Å². The Balaban J connectivity index is 1.77. The van der Waals surface area contributed by atoms with Crippen molar-refractivity contribution in [3.05, 3.63) is 56.5 Å². The summed E-state index contributed by atoms with van der Waals surface area (Å²) in [5.41, 5.74) is 3.67. The monoisotopic (exact) mass is 484 g/mol. The van der Waals surface area contributed by atoms with Gasteiger partial charge in [0.2, 0.25) is 11.8 Å². The highest BCUT2D eigenvalue weighted by Crippen LogP contribution is 2.24. The van der Waals surface area contributed by atoms with Gasteiger partial charge in [0.05, 0.1) is 22.9 Å². The Bertz CT molecular complexity index is 731. The minimum atomic E-state index is -0.140. The van der Waals surface area contributed by atoms with Gasteiger partial charge in [-0.1, -0.05) is 12.1 Å². The standard InChI is InChI=1S/C18H18Br2N2O2S/c1-11-3-5-15(13(19)7-11)21-17(23)9-25-10-18(24)22-16-6-4-12(2)8-14(16)20/h3-8H,9-10H2,1-2H3,(H,21,23)(H,22,24). The molecule has 0 bridgehead atoms. The van der Waals surface area contributed by atoms with Gasteiger partial charge in [0, 0.05) is 8.95 Å². The van der Waals surface area contributed by atoms with Crippen molar-refractivity contribution in [3.63, 3.8) is 0 Å². The molecule has 2 amide bonds. The maximum absolute atomic E-state index is 12.0. The second-order valence-electron chi connectivity index (χ2n) is 5.56. The van der Waals surface area contributed by atoms with E-state index in [4.69, 9.17) is 0 Å². The number of hydrogen-bond acceptors (Lipinski definition) is 3. The molecule has 0 fully saturated rings. The average Bonchev–Trinajstić information content (AvgIpc) is 2.53. The number of halogens is 2. The Morgan fingerprint density at radius 2 is 1.24 bits per heavy atom. The minimum Gasteiger partial charge on any atom is -0.324 e. The molecule has 0 spiro atoms. The van der Waals surface area contributed by atoms with Gasteiger partial charge in [-0.2, -0.15) is 0 Å². The molecule has 0 heterocycles. The van der Waals surface area contributed by atoms with Crippen LogP contribution >= 0.6 is 43.6 Å². The summed E-state index contributed by atoms with van der Waals surface area (Å²) >= 11 is 8.12. The number of carbonyl (C=O) groups is 2. The van der Waals surface area contributed by atoms with Crippen molar-refractivity contribution in [3.8, 4) is 0 Å². The van der Waals surface area contributed by atoms with Gasteiger partial charge in [-0.15, -0.1) is 11.8 Å². The van der Waals surface area contributed by atoms with Crippen molar-refractivity contribution in [1.82, 2.24) is 0 Å². The molecule has 2 aromatic rings. The summed E-state index contributed by atoms with van der Waals surface area (Å²) in [5, 5.41) is 5.66. The number of aryl methyl sites for hydroxylation is 2. The third-order valence-electron chi connectivity index (χ3n) is 3.26. The summed E-state index contributed by atoms with van der Waals surface area (Å²) in [6.45, 7) is 3.97. The van der Waals surface area contributed by atoms with Crippen molar-refractivity contribution in [2.75, 3.05) is 22.1 Å². The quantitative estimate of drug-likeness (QED) is 0.595. The highest BCUT2D eigenvalue weighted by Gasteiger charge is 2.09. The molecule has 0 atom stereocenters. The lowest BCUT2D eigenvalue weighted by Gasteiger charge is -2.09. The maximum Gasteiger partial charge on any atom is 0.234 e. The molecule has 132 valence electrons. The number of carbonyl (C=O) groups excluding carboxylic acids is 2. The molecule has 0 aliphatic heterocycles. The Labute approximate surface area is 168 Å². The first-order valence-corrected chi connectivity index (χ1v) is 10.3. The molecule has 0 unspecified atom stereocenters. The number of hydrogen-bond donors (Lipinski definition) is 2. The highest BCUT2D eigenvalue weighted by molar-refractivity contribution is 9.11. The van der Waals surface area contributed by atoms with Gasteiger partial charge in [0.1, 0.15) is 0 Å². The van der Waals surface area contributed by atoms with Crippen LogP contribution < -0.4 is 10.6 Å². The van der Waals surface area contributed by atoms with E-state index >= 15 is 0 Å². The van der Waals surface area contributed by atoms with Gasteiger partial charge in [-0.25, -0.2) is 0 Å². The van der Waals surface area contributed by atoms with E-state index in [-0.39, 0.29) is 23.3 Å². The van der Waals surface area contributed by atoms with Crippen molar-refractivity contribution in [1.29, 1.82) is 0 Å². The summed E-state index contributed by atoms with van der Waals surface area (Å²) in [6.07, 6.45) is 0. The van der Waals surface area contributed by atoms with E-state index in [1.54, 1.807) is 0 Å². The van der Waals surface area contributed by atoms with Crippen LogP contribution in [0.3, 0.4) is 0 Å². The molecular formula is C18H18Br2N2O2S. The fourth-order valence-electron chi connectivity index (χ4n) is 2.05. The zero-order chi connectivity index (χ0) is 18.4. The van der Waals surface area contributed by atoms with Crippen LogP contribution in [-0.2, 0) is 9.59 Å². The van der Waals surface area contributed by atoms with Crippen LogP contribution in [-0.4, -0.2) is 23.3 Å². The fraction of sp³-hybridized carbons (Fsp3) is 0.222. The van der Waals surface area contributed by atoms with Gasteiger partial charge in [-0.3, -0.25) is 9.59 Å². The molecule has 4 nitrogen and oxygen atoms in total. The van der Waals surface area contributed by atoms with Crippen LogP contribution in [0.15, 0.2) is 45.3 Å². The fourth-order valence-corrected chi connectivity index (χ4v) is 3.85. The predicted octanol–water partition coefficient (Wildman–Crippen LogP) is 5.14. The van der Waals surface area contributed by atoms with Gasteiger partial charge >= 0.3 is 0 Å². The Morgan fingerprint density at radius 1 is 0.840 bits per heavy atom. The van der Waals surface area contributed by atoms with Crippen LogP contribution in [0.4, 0.5) is 11.4 Å². The second kappa shape index (κ2) is 9.40. The summed E-state index contributed by atoms with van der Waals surface area (Å²) in [5.74, 6) is 0.142. The third kappa shape index (κ3) is 6.49. The Morgan fingerprint density at radius 3 is 1.60 bits per heavy atom. The van der Waals surface area contributed by atoms with Crippen molar-refractivity contribution >= 4 is 66.8 Å². The van der Waals surface area contributed by atoms with Crippen LogP contribution in [0.25, 0.3) is 0 Å². The Kier molecular flexibility index (Phi) is 7.53. The number of thioether (sulfide) groups is 1. The van der Waals surface area contributed by atoms with E-state index in [9.17, 15) is 9.59 Å². The molecule has 0 aromatic heterocycles. The molecule has 2 aromatic carbocycles. The molecule has 25 heavy (non-hydrogen) atoms. The van der Waals surface area contributed by atoms with E-state index in [0.717, 1.165) is 31.4 Å². The first-order valence-electron chi connectivity index (χ1n) is 7.55. The normalized spacial score (nSPS) is 10.4. The number of nitrogens with one attached hydrogen (secondary N) is 2. The lowest BCUT2D eigenvalue weighted by molar-refractivity contribution is -0.114. The lowest BCUT2D eigenvalue weighted by atomic mass is 10.2. The van der Waals surface area contributed by atoms with E-state index in [2.05, 4.69) is 42.5 Å². The van der Waals surface area contributed by atoms with Crippen LogP contribution in [0.5, 0.6) is 0 Å². The lowest BCUT2D eigenvalue weighted by Crippen LogP contribution is -2.18. The third-order valence-corrected chi connectivity index (χ3v) is 5.51. The maximum atomic E-state index is 12.0. The molecule has 0 radical (unpaired) electrons. The van der Waals surface area contributed by atoms with Crippen molar-refractivity contribution < 1.29 is 9.59 Å². The number of amides is 2. The topological polar surface area (TPSA) is 58.2 Å². The smallest absolute Gasteiger partial charge is 0.234 e. The minimum absolute atomic E-state index is 0.140. The number of benzene rings is 2. The summed E-state index contributed by atoms with van der Waals surface area (Å²) in [7, 11) is 0. The van der Waals surface area contributed by atoms with E-state index in [1.165, 1.54) is 11.8 Å². The molecule has 2 rings (SSSR count). The summed E-state index contributed by atoms with van der Waals surface area (Å²) in [4.78, 5) is 24.0. The largest absolute Gasteiger partial charge is 0.324 e. The molecule has 2 N–H and O–H groups in total. The number of rotatable bonds is 6. The van der Waals surface area contributed by atoms with Gasteiger partial charge in [0.25, 0.3) is 0 Å². The number of anilines is 2. The first kappa shape index (κ1) is 20.0. The van der Waals surface area contributed by atoms with E-state index < -0.39 is 0 Å². The van der Waals surface area contributed by atoms with Crippen molar-refractivity contribution in [2.45, 2.75) is 13.8 Å². The first-order chi connectivity index (χ1) is 11.8. The predicted molar refractivity (Wildman–Crippen MR) is 112 cm³/mol. The molecule has 0 aliphatic carbocycles. The zero-order valence-corrected chi connectivity index (χ0v) is 17.8. The zero-order valence-electron chi connectivity index (χ0n) is 13.9. The van der Waals surface area contributed by atoms with E-state index in [1.807, 2.05) is 50.2 Å². The van der Waals surface area contributed by atoms with Crippen LogP contribution in [0.1, 0.15) is 11.1 Å². The average molecular weight is 486 g/mol. The summed E-state index contributed by atoms with van der Waals surface area (Å²) < 4.78 is 1.68. The van der Waals surface area contributed by atoms with Gasteiger partial charge < -0.3 is 10.6 Å². The molecule has 0 aliphatic rings. The summed E-state index contributed by atoms with van der Waals surface area (Å²) in [6, 6.07) is 11.4. The SMILES string of the molecule is Cc1ccc(NC(=O)CSCC(=O)Nc2ccc(C)cc2Br)c(Br)c1. The van der Waals surface area contributed by atoms with Crippen LogP contribution in [0, 0.1) is 13.8 Å². The second-order valence-corrected chi connectivity index (χ2v) is 8.25.